The number of nitrogens with one attached hydrogen (secondary N) is 1. The van der Waals surface area contributed by atoms with Crippen molar-refractivity contribution in [3.63, 3.8) is 0 Å². The van der Waals surface area contributed by atoms with Crippen LogP contribution in [0.2, 0.25) is 0 Å². The maximum absolute atomic E-state index is 11.5. The van der Waals surface area contributed by atoms with Gasteiger partial charge >= 0.3 is 5.97 Å². The zero-order chi connectivity index (χ0) is 19.2. The molecule has 27 heavy (non-hydrogen) atoms. The van der Waals surface area contributed by atoms with E-state index in [0.717, 1.165) is 16.9 Å². The van der Waals surface area contributed by atoms with E-state index in [1.54, 1.807) is 30.5 Å². The second kappa shape index (κ2) is 8.41. The summed E-state index contributed by atoms with van der Waals surface area (Å²) in [6.45, 7) is 2.51. The van der Waals surface area contributed by atoms with Crippen molar-refractivity contribution in [1.82, 2.24) is 14.9 Å². The van der Waals surface area contributed by atoms with Crippen molar-refractivity contribution < 1.29 is 14.3 Å². The number of hydrogen-bond donors (Lipinski definition) is 1. The van der Waals surface area contributed by atoms with Gasteiger partial charge in [0, 0.05) is 5.56 Å². The number of carbonyl (C=O) groups excluding carboxylic acids is 1. The van der Waals surface area contributed by atoms with Gasteiger partial charge in [0.1, 0.15) is 5.75 Å². The fraction of sp³-hybridized carbons (Fsp3) is 0.158. The van der Waals surface area contributed by atoms with Crippen molar-refractivity contribution >= 4 is 24.4 Å². The number of nitrogens with zero attached hydrogens (tertiary/aromatic N) is 3. The molecular formula is C19H18N4O3S. The van der Waals surface area contributed by atoms with Crippen LogP contribution in [0.5, 0.6) is 5.75 Å². The van der Waals surface area contributed by atoms with Crippen molar-refractivity contribution in [2.24, 2.45) is 5.10 Å². The second-order valence-corrected chi connectivity index (χ2v) is 5.87. The molecule has 0 unspecified atom stereocenters. The van der Waals surface area contributed by atoms with Crippen molar-refractivity contribution in [3.05, 3.63) is 64.4 Å². The molecular weight excluding hydrogens is 364 g/mol. The molecule has 138 valence electrons. The molecule has 0 radical (unpaired) electrons. The third kappa shape index (κ3) is 4.29. The Morgan fingerprint density at radius 1 is 1.30 bits per heavy atom. The Morgan fingerprint density at radius 2 is 2.07 bits per heavy atom. The molecule has 0 bridgehead atoms. The first kappa shape index (κ1) is 18.5. The normalized spacial score (nSPS) is 10.9. The third-order valence-corrected chi connectivity index (χ3v) is 3.97. The first-order chi connectivity index (χ1) is 13.1. The van der Waals surface area contributed by atoms with Crippen molar-refractivity contribution in [3.8, 4) is 17.1 Å². The van der Waals surface area contributed by atoms with Crippen LogP contribution in [-0.4, -0.2) is 40.8 Å². The Bertz CT molecular complexity index is 1020. The number of aromatic nitrogens is 3. The van der Waals surface area contributed by atoms with Crippen molar-refractivity contribution in [2.45, 2.75) is 6.92 Å². The topological polar surface area (TPSA) is 81.5 Å². The molecule has 0 aliphatic carbocycles. The number of esters is 1. The van der Waals surface area contributed by atoms with Crippen LogP contribution in [0.4, 0.5) is 0 Å². The number of rotatable bonds is 6. The number of aromatic amines is 1. The highest BCUT2D eigenvalue weighted by molar-refractivity contribution is 7.71. The van der Waals surface area contributed by atoms with Crippen LogP contribution in [0.1, 0.15) is 22.8 Å². The Balaban J connectivity index is 1.89. The van der Waals surface area contributed by atoms with E-state index < -0.39 is 0 Å². The summed E-state index contributed by atoms with van der Waals surface area (Å²) in [4.78, 5) is 11.5. The molecule has 0 aliphatic rings. The van der Waals surface area contributed by atoms with Crippen LogP contribution in [0.25, 0.3) is 11.4 Å². The number of H-pyrrole nitrogens is 1. The summed E-state index contributed by atoms with van der Waals surface area (Å²) in [6.07, 6.45) is 1.64. The van der Waals surface area contributed by atoms with E-state index in [9.17, 15) is 4.79 Å². The van der Waals surface area contributed by atoms with Gasteiger partial charge in [-0.25, -0.2) is 9.89 Å². The average Bonchev–Trinajstić information content (AvgIpc) is 3.07. The number of ether oxygens (including phenoxy) is 2. The molecule has 3 aromatic rings. The quantitative estimate of drug-likeness (QED) is 0.400. The minimum Gasteiger partial charge on any atom is -0.494 e. The van der Waals surface area contributed by atoms with Crippen LogP contribution in [0.3, 0.4) is 0 Å². The van der Waals surface area contributed by atoms with Crippen molar-refractivity contribution in [1.29, 1.82) is 0 Å². The largest absolute Gasteiger partial charge is 0.494 e. The fourth-order valence-electron chi connectivity index (χ4n) is 2.42. The summed E-state index contributed by atoms with van der Waals surface area (Å²) in [7, 11) is 1.35. The highest BCUT2D eigenvalue weighted by atomic mass is 32.1. The third-order valence-electron chi connectivity index (χ3n) is 3.71. The molecule has 0 amide bonds. The predicted molar refractivity (Wildman–Crippen MR) is 105 cm³/mol. The molecule has 1 aromatic heterocycles. The van der Waals surface area contributed by atoms with Gasteiger partial charge < -0.3 is 9.47 Å². The minimum atomic E-state index is -0.382. The molecule has 8 heteroatoms. The second-order valence-electron chi connectivity index (χ2n) is 5.48. The molecule has 0 aliphatic heterocycles. The summed E-state index contributed by atoms with van der Waals surface area (Å²) in [5.41, 5.74) is 2.11. The number of methoxy groups -OCH3 is 1. The van der Waals surface area contributed by atoms with Gasteiger partial charge in [-0.15, -0.1) is 0 Å². The lowest BCUT2D eigenvalue weighted by Crippen LogP contribution is -2.01. The molecule has 0 atom stereocenters. The lowest BCUT2D eigenvalue weighted by Gasteiger charge is -2.05. The summed E-state index contributed by atoms with van der Waals surface area (Å²) in [5, 5.41) is 11.4. The van der Waals surface area contributed by atoms with Gasteiger partial charge in [-0.3, -0.25) is 0 Å². The van der Waals surface area contributed by atoms with E-state index in [1.165, 1.54) is 11.8 Å². The predicted octanol–water partition coefficient (Wildman–Crippen LogP) is 3.68. The molecule has 0 saturated carbocycles. The number of hydrogen-bond acceptors (Lipinski definition) is 6. The maximum atomic E-state index is 11.5. The van der Waals surface area contributed by atoms with Crippen LogP contribution < -0.4 is 4.74 Å². The molecule has 2 aromatic carbocycles. The fourth-order valence-corrected chi connectivity index (χ4v) is 2.60. The monoisotopic (exact) mass is 382 g/mol. The first-order valence-corrected chi connectivity index (χ1v) is 8.66. The highest BCUT2D eigenvalue weighted by Crippen LogP contribution is 2.22. The van der Waals surface area contributed by atoms with Gasteiger partial charge in [-0.1, -0.05) is 24.3 Å². The molecule has 3 rings (SSSR count). The Labute approximate surface area is 161 Å². The van der Waals surface area contributed by atoms with Gasteiger partial charge in [0.15, 0.2) is 5.82 Å². The lowest BCUT2D eigenvalue weighted by molar-refractivity contribution is 0.0600. The van der Waals surface area contributed by atoms with Gasteiger partial charge in [-0.05, 0) is 49.0 Å². The minimum absolute atomic E-state index is 0.370. The van der Waals surface area contributed by atoms with E-state index in [-0.39, 0.29) is 5.97 Å². The molecule has 1 heterocycles. The van der Waals surface area contributed by atoms with E-state index >= 15 is 0 Å². The van der Waals surface area contributed by atoms with Crippen molar-refractivity contribution in [2.75, 3.05) is 13.7 Å². The van der Waals surface area contributed by atoms with Gasteiger partial charge in [0.05, 0.1) is 25.5 Å². The summed E-state index contributed by atoms with van der Waals surface area (Å²) in [6, 6.07) is 14.4. The summed E-state index contributed by atoms with van der Waals surface area (Å²) in [5.74, 6) is 0.939. The van der Waals surface area contributed by atoms with E-state index in [0.29, 0.717) is 22.8 Å². The van der Waals surface area contributed by atoms with Crippen LogP contribution >= 0.6 is 12.2 Å². The first-order valence-electron chi connectivity index (χ1n) is 8.25. The summed E-state index contributed by atoms with van der Waals surface area (Å²) >= 11 is 5.28. The highest BCUT2D eigenvalue weighted by Gasteiger charge is 2.09. The molecule has 7 nitrogen and oxygen atoms in total. The van der Waals surface area contributed by atoms with Crippen LogP contribution in [-0.2, 0) is 4.74 Å². The maximum Gasteiger partial charge on any atom is 0.337 e. The molecule has 0 spiro atoms. The van der Waals surface area contributed by atoms with E-state index in [4.69, 9.17) is 17.0 Å². The van der Waals surface area contributed by atoms with Gasteiger partial charge in [0.2, 0.25) is 4.77 Å². The zero-order valence-electron chi connectivity index (χ0n) is 14.9. The number of benzene rings is 2. The van der Waals surface area contributed by atoms with E-state index in [1.807, 2.05) is 31.2 Å². The molecule has 0 saturated heterocycles. The number of carbonyl (C=O) groups is 1. The Kier molecular flexibility index (Phi) is 5.77. The average molecular weight is 382 g/mol. The van der Waals surface area contributed by atoms with Gasteiger partial charge in [0.25, 0.3) is 0 Å². The smallest absolute Gasteiger partial charge is 0.337 e. The zero-order valence-corrected chi connectivity index (χ0v) is 15.7. The molecule has 0 fully saturated rings. The van der Waals surface area contributed by atoms with E-state index in [2.05, 4.69) is 20.0 Å². The lowest BCUT2D eigenvalue weighted by atomic mass is 10.1. The summed E-state index contributed by atoms with van der Waals surface area (Å²) < 4.78 is 12.1. The molecule has 1 N–H and O–H groups in total. The van der Waals surface area contributed by atoms with Gasteiger partial charge in [-0.2, -0.15) is 14.9 Å². The van der Waals surface area contributed by atoms with Crippen LogP contribution in [0.15, 0.2) is 53.6 Å². The SMILES string of the molecule is CCOc1cccc(-c2n[nH]c(=S)n2/N=C\c2ccc(C(=O)OC)cc2)c1. The Hall–Kier alpha value is -3.26. The standard InChI is InChI=1S/C19H18N4O3S/c1-3-26-16-6-4-5-15(11-16)17-21-22-19(27)23(17)20-12-13-7-9-14(10-8-13)18(24)25-2/h4-12H,3H2,1-2H3,(H,22,27)/b20-12-. The van der Waals surface area contributed by atoms with Crippen LogP contribution in [0, 0.1) is 4.77 Å². The Morgan fingerprint density at radius 3 is 2.78 bits per heavy atom.